The summed E-state index contributed by atoms with van der Waals surface area (Å²) in [5.41, 5.74) is 1.70. The van der Waals surface area contributed by atoms with Gasteiger partial charge in [0.25, 0.3) is 5.91 Å². The number of benzene rings is 1. The maximum atomic E-state index is 12.9. The summed E-state index contributed by atoms with van der Waals surface area (Å²) in [7, 11) is 1.65. The van der Waals surface area contributed by atoms with Crippen LogP contribution in [0.5, 0.6) is 0 Å². The van der Waals surface area contributed by atoms with Gasteiger partial charge in [0.2, 0.25) is 0 Å². The van der Waals surface area contributed by atoms with E-state index in [0.717, 1.165) is 22.8 Å². The number of hydrogen-bond acceptors (Lipinski definition) is 5. The lowest BCUT2D eigenvalue weighted by Crippen LogP contribution is -2.33. The molecule has 0 atom stereocenters. The van der Waals surface area contributed by atoms with Crippen LogP contribution in [-0.4, -0.2) is 44.2 Å². The van der Waals surface area contributed by atoms with Gasteiger partial charge >= 0.3 is 0 Å². The number of thiazole rings is 1. The molecule has 0 aliphatic heterocycles. The van der Waals surface area contributed by atoms with Crippen LogP contribution in [-0.2, 0) is 11.2 Å². The summed E-state index contributed by atoms with van der Waals surface area (Å²) in [5, 5.41) is 6.90. The Morgan fingerprint density at radius 2 is 1.88 bits per heavy atom. The van der Waals surface area contributed by atoms with Gasteiger partial charge in [-0.15, -0.1) is 36.2 Å². The third-order valence-electron chi connectivity index (χ3n) is 3.39. The van der Waals surface area contributed by atoms with Crippen molar-refractivity contribution in [2.75, 3.05) is 33.4 Å². The lowest BCUT2D eigenvalue weighted by atomic mass is 10.1. The summed E-state index contributed by atoms with van der Waals surface area (Å²) in [6, 6.07) is 6.33. The summed E-state index contributed by atoms with van der Waals surface area (Å²) in [6.45, 7) is 4.47. The third-order valence-corrected chi connectivity index (χ3v) is 4.54. The highest BCUT2D eigenvalue weighted by Gasteiger charge is 2.15. The molecule has 146 valence electrons. The van der Waals surface area contributed by atoms with E-state index in [0.29, 0.717) is 31.0 Å². The fraction of sp³-hybridized carbons (Fsp3) is 0.412. The van der Waals surface area contributed by atoms with Crippen molar-refractivity contribution in [1.29, 1.82) is 0 Å². The van der Waals surface area contributed by atoms with Crippen molar-refractivity contribution in [2.45, 2.75) is 13.3 Å². The Bertz CT molecular complexity index is 669. The Morgan fingerprint density at radius 1 is 1.19 bits per heavy atom. The van der Waals surface area contributed by atoms with Crippen LogP contribution in [0.15, 0.2) is 24.3 Å². The molecule has 26 heavy (non-hydrogen) atoms. The maximum Gasteiger partial charge on any atom is 0.263 e. The molecule has 1 aromatic carbocycles. The van der Waals surface area contributed by atoms with E-state index >= 15 is 0 Å². The number of aryl methyl sites for hydroxylation is 1. The van der Waals surface area contributed by atoms with E-state index < -0.39 is 0 Å². The molecule has 0 saturated heterocycles. The second-order valence-electron chi connectivity index (χ2n) is 5.32. The smallest absolute Gasteiger partial charge is 0.263 e. The molecule has 5 nitrogen and oxygen atoms in total. The zero-order valence-electron chi connectivity index (χ0n) is 14.7. The van der Waals surface area contributed by atoms with Crippen molar-refractivity contribution in [3.8, 4) is 0 Å². The van der Waals surface area contributed by atoms with E-state index in [1.807, 2.05) is 6.92 Å². The molecule has 0 fully saturated rings. The van der Waals surface area contributed by atoms with E-state index in [-0.39, 0.29) is 36.5 Å². The number of hydrogen-bond donors (Lipinski definition) is 2. The molecule has 0 radical (unpaired) electrons. The topological polar surface area (TPSA) is 63.2 Å². The standard InChI is InChI=1S/C17H22FN3O2S.2ClH/c1-12-16(17(22)20-8-7-19-9-10-23-2)24-15(21-12)11-13-3-5-14(18)6-4-13;;/h3-6,19H,7-11H2,1-2H3,(H,20,22);2*1H. The van der Waals surface area contributed by atoms with Gasteiger partial charge in [-0.2, -0.15) is 0 Å². The zero-order valence-corrected chi connectivity index (χ0v) is 17.2. The van der Waals surface area contributed by atoms with Crippen LogP contribution in [0.25, 0.3) is 0 Å². The van der Waals surface area contributed by atoms with Gasteiger partial charge in [0.15, 0.2) is 0 Å². The van der Waals surface area contributed by atoms with Crippen LogP contribution in [0.4, 0.5) is 4.39 Å². The number of halogens is 3. The minimum atomic E-state index is -0.256. The van der Waals surface area contributed by atoms with Crippen molar-refractivity contribution in [3.63, 3.8) is 0 Å². The number of nitrogens with one attached hydrogen (secondary N) is 2. The molecule has 1 amide bonds. The average Bonchev–Trinajstić information content (AvgIpc) is 2.93. The first kappa shape index (κ1) is 24.8. The minimum absolute atomic E-state index is 0. The monoisotopic (exact) mass is 423 g/mol. The molecule has 0 aliphatic rings. The maximum absolute atomic E-state index is 12.9. The van der Waals surface area contributed by atoms with Crippen LogP contribution in [0.1, 0.15) is 25.9 Å². The Hall–Kier alpha value is -1.25. The molecule has 2 N–H and O–H groups in total. The highest BCUT2D eigenvalue weighted by atomic mass is 35.5. The second-order valence-corrected chi connectivity index (χ2v) is 6.41. The number of ether oxygens (including phenoxy) is 1. The summed E-state index contributed by atoms with van der Waals surface area (Å²) >= 11 is 1.38. The number of nitrogens with zero attached hydrogens (tertiary/aromatic N) is 1. The van der Waals surface area contributed by atoms with E-state index in [1.54, 1.807) is 19.2 Å². The number of methoxy groups -OCH3 is 1. The van der Waals surface area contributed by atoms with Gasteiger partial charge in [-0.05, 0) is 24.6 Å². The van der Waals surface area contributed by atoms with Crippen molar-refractivity contribution in [1.82, 2.24) is 15.6 Å². The Morgan fingerprint density at radius 3 is 2.54 bits per heavy atom. The summed E-state index contributed by atoms with van der Waals surface area (Å²) < 4.78 is 17.9. The molecule has 1 aromatic heterocycles. The molecular formula is C17H24Cl2FN3O2S. The van der Waals surface area contributed by atoms with Crippen LogP contribution >= 0.6 is 36.2 Å². The molecule has 0 unspecified atom stereocenters. The van der Waals surface area contributed by atoms with E-state index in [2.05, 4.69) is 15.6 Å². The molecule has 9 heteroatoms. The first-order valence-electron chi connectivity index (χ1n) is 7.78. The highest BCUT2D eigenvalue weighted by molar-refractivity contribution is 7.13. The highest BCUT2D eigenvalue weighted by Crippen LogP contribution is 2.21. The Labute approximate surface area is 169 Å². The van der Waals surface area contributed by atoms with Gasteiger partial charge in [-0.25, -0.2) is 9.37 Å². The van der Waals surface area contributed by atoms with Crippen LogP contribution in [0.3, 0.4) is 0 Å². The predicted octanol–water partition coefficient (Wildman–Crippen LogP) is 2.99. The number of carbonyl (C=O) groups excluding carboxylic acids is 1. The normalized spacial score (nSPS) is 9.96. The van der Waals surface area contributed by atoms with Crippen LogP contribution in [0.2, 0.25) is 0 Å². The molecular weight excluding hydrogens is 400 g/mol. The van der Waals surface area contributed by atoms with Crippen molar-refractivity contribution in [2.24, 2.45) is 0 Å². The first-order chi connectivity index (χ1) is 11.6. The number of aromatic nitrogens is 1. The van der Waals surface area contributed by atoms with Gasteiger partial charge in [0.05, 0.1) is 17.3 Å². The minimum Gasteiger partial charge on any atom is -0.383 e. The lowest BCUT2D eigenvalue weighted by molar-refractivity contribution is 0.0957. The van der Waals surface area contributed by atoms with Gasteiger partial charge in [-0.1, -0.05) is 12.1 Å². The van der Waals surface area contributed by atoms with Crippen LogP contribution in [0, 0.1) is 12.7 Å². The molecule has 0 saturated carbocycles. The van der Waals surface area contributed by atoms with Gasteiger partial charge in [0, 0.05) is 33.2 Å². The molecule has 0 aliphatic carbocycles. The largest absolute Gasteiger partial charge is 0.383 e. The number of carbonyl (C=O) groups is 1. The van der Waals surface area contributed by atoms with Gasteiger partial charge in [-0.3, -0.25) is 4.79 Å². The van der Waals surface area contributed by atoms with Gasteiger partial charge < -0.3 is 15.4 Å². The van der Waals surface area contributed by atoms with Crippen LogP contribution < -0.4 is 10.6 Å². The Kier molecular flexibility index (Phi) is 12.4. The summed E-state index contributed by atoms with van der Waals surface area (Å²) in [5.74, 6) is -0.364. The SMILES string of the molecule is COCCNCCNC(=O)c1sc(Cc2ccc(F)cc2)nc1C.Cl.Cl. The van der Waals surface area contributed by atoms with Crippen molar-refractivity contribution >= 4 is 42.1 Å². The quantitative estimate of drug-likeness (QED) is 0.608. The lowest BCUT2D eigenvalue weighted by Gasteiger charge is -2.05. The summed E-state index contributed by atoms with van der Waals surface area (Å²) in [6.07, 6.45) is 0.595. The van der Waals surface area contributed by atoms with E-state index in [1.165, 1.54) is 23.5 Å². The average molecular weight is 424 g/mol. The molecule has 0 bridgehead atoms. The molecule has 0 spiro atoms. The van der Waals surface area contributed by atoms with E-state index in [4.69, 9.17) is 4.74 Å². The fourth-order valence-electron chi connectivity index (χ4n) is 2.16. The zero-order chi connectivity index (χ0) is 17.4. The fourth-order valence-corrected chi connectivity index (χ4v) is 3.17. The summed E-state index contributed by atoms with van der Waals surface area (Å²) in [4.78, 5) is 17.3. The molecule has 2 aromatic rings. The number of rotatable bonds is 9. The molecule has 1 heterocycles. The van der Waals surface area contributed by atoms with Gasteiger partial charge in [0.1, 0.15) is 10.7 Å². The first-order valence-corrected chi connectivity index (χ1v) is 8.60. The van der Waals surface area contributed by atoms with Crippen molar-refractivity contribution in [3.05, 3.63) is 51.2 Å². The Balaban J connectivity index is 0.00000312. The predicted molar refractivity (Wildman–Crippen MR) is 108 cm³/mol. The number of amides is 1. The molecule has 2 rings (SSSR count). The third kappa shape index (κ3) is 7.97. The van der Waals surface area contributed by atoms with E-state index in [9.17, 15) is 9.18 Å². The second kappa shape index (κ2) is 13.0. The van der Waals surface area contributed by atoms with Crippen molar-refractivity contribution < 1.29 is 13.9 Å².